The smallest absolute Gasteiger partial charge is 0.116 e. The monoisotopic (exact) mass is 245 g/mol. The number of phenols is 1. The van der Waals surface area contributed by atoms with Gasteiger partial charge in [-0.05, 0) is 62.0 Å². The summed E-state index contributed by atoms with van der Waals surface area (Å²) in [6, 6.07) is 7.65. The Morgan fingerprint density at radius 1 is 1.33 bits per heavy atom. The van der Waals surface area contributed by atoms with E-state index < -0.39 is 0 Å². The molecule has 2 rings (SSSR count). The summed E-state index contributed by atoms with van der Waals surface area (Å²) in [5, 5.41) is 9.64. The molecule has 0 aromatic heterocycles. The molecule has 0 saturated heterocycles. The molecule has 0 amide bonds. The maximum Gasteiger partial charge on any atom is 0.116 e. The van der Waals surface area contributed by atoms with Crippen molar-refractivity contribution >= 4 is 5.57 Å². The average molecular weight is 245 g/mol. The lowest BCUT2D eigenvalue weighted by molar-refractivity contribution is 0.291. The van der Waals surface area contributed by atoms with Gasteiger partial charge in [-0.1, -0.05) is 25.1 Å². The maximum atomic E-state index is 9.64. The predicted octanol–water partition coefficient (Wildman–Crippen LogP) is 3.38. The lowest BCUT2D eigenvalue weighted by atomic mass is 9.76. The van der Waals surface area contributed by atoms with Crippen molar-refractivity contribution in [2.75, 3.05) is 20.6 Å². The second-order valence-corrected chi connectivity index (χ2v) is 5.63. The third kappa shape index (κ3) is 2.94. The number of hydrogen-bond acceptors (Lipinski definition) is 2. The van der Waals surface area contributed by atoms with E-state index in [0.29, 0.717) is 17.6 Å². The molecule has 0 radical (unpaired) electrons. The number of allylic oxidation sites excluding steroid dienone is 1. The number of phenolic OH excluding ortho intramolecular Hbond substituents is 1. The summed E-state index contributed by atoms with van der Waals surface area (Å²) in [6.45, 7) is 3.41. The Morgan fingerprint density at radius 3 is 2.78 bits per heavy atom. The van der Waals surface area contributed by atoms with Crippen molar-refractivity contribution in [2.24, 2.45) is 11.8 Å². The van der Waals surface area contributed by atoms with Crippen molar-refractivity contribution in [3.05, 3.63) is 35.9 Å². The van der Waals surface area contributed by atoms with Gasteiger partial charge < -0.3 is 10.0 Å². The molecule has 2 nitrogen and oxygen atoms in total. The standard InChI is InChI=1S/C16H23NO/c1-12-6-4-9-15(16(12)11-17(2)3)13-7-5-8-14(18)10-13/h5,7-10,12,16,18H,4,6,11H2,1-3H3/t12-,16-/m0/s1. The number of rotatable bonds is 3. The minimum absolute atomic E-state index is 0.357. The van der Waals surface area contributed by atoms with Crippen LogP contribution in [-0.2, 0) is 0 Å². The number of aromatic hydroxyl groups is 1. The zero-order valence-electron chi connectivity index (χ0n) is 11.6. The van der Waals surface area contributed by atoms with Gasteiger partial charge >= 0.3 is 0 Å². The summed E-state index contributed by atoms with van der Waals surface area (Å²) in [4.78, 5) is 2.25. The van der Waals surface area contributed by atoms with E-state index >= 15 is 0 Å². The van der Waals surface area contributed by atoms with Crippen LogP contribution in [-0.4, -0.2) is 30.6 Å². The third-order valence-corrected chi connectivity index (χ3v) is 3.81. The molecule has 98 valence electrons. The van der Waals surface area contributed by atoms with Gasteiger partial charge in [-0.3, -0.25) is 0 Å². The first-order valence-corrected chi connectivity index (χ1v) is 6.72. The van der Waals surface area contributed by atoms with Crippen molar-refractivity contribution < 1.29 is 5.11 Å². The molecule has 0 spiro atoms. The fourth-order valence-electron chi connectivity index (χ4n) is 2.85. The van der Waals surface area contributed by atoms with Crippen LogP contribution in [0.4, 0.5) is 0 Å². The van der Waals surface area contributed by atoms with Crippen LogP contribution < -0.4 is 0 Å². The summed E-state index contributed by atoms with van der Waals surface area (Å²) < 4.78 is 0. The molecule has 1 aromatic carbocycles. The molecule has 2 atom stereocenters. The largest absolute Gasteiger partial charge is 0.508 e. The maximum absolute atomic E-state index is 9.64. The molecule has 0 saturated carbocycles. The lowest BCUT2D eigenvalue weighted by Crippen LogP contribution is -2.29. The topological polar surface area (TPSA) is 23.5 Å². The summed E-state index contributed by atoms with van der Waals surface area (Å²) in [5.74, 6) is 1.63. The fourth-order valence-corrected chi connectivity index (χ4v) is 2.85. The average Bonchev–Trinajstić information content (AvgIpc) is 2.31. The van der Waals surface area contributed by atoms with Gasteiger partial charge in [-0.2, -0.15) is 0 Å². The van der Waals surface area contributed by atoms with E-state index in [0.717, 1.165) is 13.0 Å². The Bertz CT molecular complexity index is 436. The van der Waals surface area contributed by atoms with Crippen LogP contribution in [0.1, 0.15) is 25.3 Å². The first-order valence-electron chi connectivity index (χ1n) is 6.72. The summed E-state index contributed by atoms with van der Waals surface area (Å²) >= 11 is 0. The molecule has 0 heterocycles. The third-order valence-electron chi connectivity index (χ3n) is 3.81. The molecular formula is C16H23NO. The van der Waals surface area contributed by atoms with E-state index in [4.69, 9.17) is 0 Å². The van der Waals surface area contributed by atoms with Gasteiger partial charge in [-0.25, -0.2) is 0 Å². The van der Waals surface area contributed by atoms with Crippen molar-refractivity contribution in [1.29, 1.82) is 0 Å². The quantitative estimate of drug-likeness (QED) is 0.882. The van der Waals surface area contributed by atoms with E-state index in [1.165, 1.54) is 17.6 Å². The van der Waals surface area contributed by atoms with Crippen LogP contribution in [0, 0.1) is 11.8 Å². The summed E-state index contributed by atoms with van der Waals surface area (Å²) in [5.41, 5.74) is 2.58. The number of nitrogens with zero attached hydrogens (tertiary/aromatic N) is 1. The zero-order chi connectivity index (χ0) is 13.1. The minimum atomic E-state index is 0.357. The molecule has 0 bridgehead atoms. The Labute approximate surface area is 110 Å². The van der Waals surface area contributed by atoms with Crippen LogP contribution >= 0.6 is 0 Å². The number of hydrogen-bond donors (Lipinski definition) is 1. The first kappa shape index (κ1) is 13.2. The molecule has 2 heteroatoms. The van der Waals surface area contributed by atoms with Crippen molar-refractivity contribution in [3.63, 3.8) is 0 Å². The highest BCUT2D eigenvalue weighted by atomic mass is 16.3. The first-order chi connectivity index (χ1) is 8.58. The van der Waals surface area contributed by atoms with Gasteiger partial charge in [0.25, 0.3) is 0 Å². The molecule has 18 heavy (non-hydrogen) atoms. The van der Waals surface area contributed by atoms with Crippen molar-refractivity contribution in [1.82, 2.24) is 4.90 Å². The number of benzene rings is 1. The second-order valence-electron chi connectivity index (χ2n) is 5.63. The van der Waals surface area contributed by atoms with Gasteiger partial charge in [0.1, 0.15) is 5.75 Å². The van der Waals surface area contributed by atoms with Crippen molar-refractivity contribution in [2.45, 2.75) is 19.8 Å². The van der Waals surface area contributed by atoms with E-state index in [1.807, 2.05) is 12.1 Å². The summed E-state index contributed by atoms with van der Waals surface area (Å²) in [6.07, 6.45) is 4.76. The SMILES string of the molecule is C[C@H]1CCC=C(c2cccc(O)c2)[C@H]1CN(C)C. The predicted molar refractivity (Wildman–Crippen MR) is 76.5 cm³/mol. The van der Waals surface area contributed by atoms with Crippen LogP contribution in [0.3, 0.4) is 0 Å². The van der Waals surface area contributed by atoms with Crippen LogP contribution in [0.25, 0.3) is 5.57 Å². The highest BCUT2D eigenvalue weighted by molar-refractivity contribution is 5.69. The molecule has 1 aliphatic carbocycles. The van der Waals surface area contributed by atoms with Gasteiger partial charge in [0, 0.05) is 6.54 Å². The van der Waals surface area contributed by atoms with Crippen LogP contribution in [0.15, 0.2) is 30.3 Å². The van der Waals surface area contributed by atoms with E-state index in [-0.39, 0.29) is 0 Å². The van der Waals surface area contributed by atoms with Crippen LogP contribution in [0.5, 0.6) is 5.75 Å². The molecule has 0 aliphatic heterocycles. The van der Waals surface area contributed by atoms with Crippen molar-refractivity contribution in [3.8, 4) is 5.75 Å². The highest BCUT2D eigenvalue weighted by Gasteiger charge is 2.26. The van der Waals surface area contributed by atoms with Gasteiger partial charge in [0.15, 0.2) is 0 Å². The Balaban J connectivity index is 2.30. The Hall–Kier alpha value is -1.28. The van der Waals surface area contributed by atoms with Gasteiger partial charge in [0.05, 0.1) is 0 Å². The van der Waals surface area contributed by atoms with E-state index in [1.54, 1.807) is 6.07 Å². The normalized spacial score (nSPS) is 24.1. The molecule has 0 unspecified atom stereocenters. The van der Waals surface area contributed by atoms with Gasteiger partial charge in [-0.15, -0.1) is 0 Å². The van der Waals surface area contributed by atoms with E-state index in [9.17, 15) is 5.11 Å². The molecule has 1 aliphatic rings. The van der Waals surface area contributed by atoms with E-state index in [2.05, 4.69) is 38.1 Å². The molecule has 1 N–H and O–H groups in total. The minimum Gasteiger partial charge on any atom is -0.508 e. The molecule has 1 aromatic rings. The van der Waals surface area contributed by atoms with Crippen LogP contribution in [0.2, 0.25) is 0 Å². The Kier molecular flexibility index (Phi) is 4.07. The fraction of sp³-hybridized carbons (Fsp3) is 0.500. The Morgan fingerprint density at radius 2 is 2.11 bits per heavy atom. The second kappa shape index (κ2) is 5.57. The molecule has 0 fully saturated rings. The summed E-state index contributed by atoms with van der Waals surface area (Å²) in [7, 11) is 4.25. The zero-order valence-corrected chi connectivity index (χ0v) is 11.6. The lowest BCUT2D eigenvalue weighted by Gasteiger charge is -2.32. The van der Waals surface area contributed by atoms with Gasteiger partial charge in [0.2, 0.25) is 0 Å². The molecular weight excluding hydrogens is 222 g/mol. The highest BCUT2D eigenvalue weighted by Crippen LogP contribution is 2.37.